The van der Waals surface area contributed by atoms with Crippen molar-refractivity contribution in [1.29, 1.82) is 0 Å². The Bertz CT molecular complexity index is 497. The Morgan fingerprint density at radius 1 is 0.917 bits per heavy atom. The third-order valence-corrected chi connectivity index (χ3v) is 6.88. The van der Waals surface area contributed by atoms with E-state index in [4.69, 9.17) is 0 Å². The van der Waals surface area contributed by atoms with Crippen molar-refractivity contribution in [3.05, 3.63) is 0 Å². The van der Waals surface area contributed by atoms with Gasteiger partial charge in [0.15, 0.2) is 0 Å². The first-order valence-corrected chi connectivity index (χ1v) is 10.1. The Morgan fingerprint density at radius 2 is 1.62 bits per heavy atom. The highest BCUT2D eigenvalue weighted by atomic mass is 16.2. The van der Waals surface area contributed by atoms with Gasteiger partial charge in [0, 0.05) is 12.6 Å². The molecule has 0 aromatic rings. The summed E-state index contributed by atoms with van der Waals surface area (Å²) in [7, 11) is 0. The molecule has 4 rings (SSSR count). The maximum absolute atomic E-state index is 13.1. The number of likely N-dealkylation sites (tertiary alicyclic amines) is 1. The predicted molar refractivity (Wildman–Crippen MR) is 92.4 cm³/mol. The van der Waals surface area contributed by atoms with Crippen molar-refractivity contribution in [2.24, 2.45) is 5.92 Å². The molecule has 4 aliphatic rings. The van der Waals surface area contributed by atoms with Gasteiger partial charge in [0.1, 0.15) is 5.54 Å². The zero-order valence-electron chi connectivity index (χ0n) is 14.8. The van der Waals surface area contributed by atoms with Crippen LogP contribution >= 0.6 is 0 Å². The molecule has 1 spiro atoms. The van der Waals surface area contributed by atoms with Crippen LogP contribution in [0.4, 0.5) is 4.79 Å². The normalized spacial score (nSPS) is 34.1. The maximum atomic E-state index is 13.1. The second-order valence-corrected chi connectivity index (χ2v) is 8.37. The van der Waals surface area contributed by atoms with Crippen LogP contribution in [0, 0.1) is 5.92 Å². The van der Waals surface area contributed by atoms with E-state index >= 15 is 0 Å². The quantitative estimate of drug-likeness (QED) is 0.789. The molecule has 2 heterocycles. The van der Waals surface area contributed by atoms with Gasteiger partial charge in [-0.1, -0.05) is 38.5 Å². The average molecular weight is 333 g/mol. The van der Waals surface area contributed by atoms with Crippen molar-refractivity contribution in [1.82, 2.24) is 15.1 Å². The number of carbonyl (C=O) groups is 2. The molecular formula is C19H31N3O2. The Kier molecular flexibility index (Phi) is 4.54. The molecule has 1 N–H and O–H groups in total. The SMILES string of the molecule is O=C1NC2(CCCCCC2)C(=O)N1CN1CCC[C@H]2CCCC[C@H]21. The Balaban J connectivity index is 1.47. The Morgan fingerprint density at radius 3 is 2.42 bits per heavy atom. The first kappa shape index (κ1) is 16.4. The molecule has 4 fully saturated rings. The van der Waals surface area contributed by atoms with Crippen molar-refractivity contribution in [3.63, 3.8) is 0 Å². The van der Waals surface area contributed by atoms with Crippen LogP contribution in [0.2, 0.25) is 0 Å². The standard InChI is InChI=1S/C19H31N3O2/c23-17-19(11-5-1-2-6-12-19)20-18(24)22(17)14-21-13-7-9-15-8-3-4-10-16(15)21/h15-16H,1-14H2,(H,20,24)/t15-,16-/m1/s1. The molecule has 134 valence electrons. The molecule has 0 unspecified atom stereocenters. The molecule has 0 aromatic carbocycles. The van der Waals surface area contributed by atoms with Gasteiger partial charge in [-0.2, -0.15) is 0 Å². The molecule has 2 aliphatic carbocycles. The Hall–Kier alpha value is -1.10. The van der Waals surface area contributed by atoms with E-state index in [1.165, 1.54) is 56.3 Å². The number of hydrogen-bond donors (Lipinski definition) is 1. The van der Waals surface area contributed by atoms with Crippen LogP contribution in [0.3, 0.4) is 0 Å². The zero-order valence-corrected chi connectivity index (χ0v) is 14.8. The van der Waals surface area contributed by atoms with Crippen LogP contribution in [0.1, 0.15) is 77.0 Å². The van der Waals surface area contributed by atoms with Crippen molar-refractivity contribution >= 4 is 11.9 Å². The predicted octanol–water partition coefficient (Wildman–Crippen LogP) is 3.24. The van der Waals surface area contributed by atoms with Crippen LogP contribution < -0.4 is 5.32 Å². The van der Waals surface area contributed by atoms with Crippen molar-refractivity contribution < 1.29 is 9.59 Å². The highest BCUT2D eigenvalue weighted by Crippen LogP contribution is 2.37. The summed E-state index contributed by atoms with van der Waals surface area (Å²) in [4.78, 5) is 29.6. The monoisotopic (exact) mass is 333 g/mol. The lowest BCUT2D eigenvalue weighted by Crippen LogP contribution is -2.53. The lowest BCUT2D eigenvalue weighted by molar-refractivity contribution is -0.134. The second kappa shape index (κ2) is 6.66. The number of amides is 3. The summed E-state index contributed by atoms with van der Waals surface area (Å²) in [6, 6.07) is 0.429. The van der Waals surface area contributed by atoms with E-state index < -0.39 is 5.54 Å². The number of nitrogens with zero attached hydrogens (tertiary/aromatic N) is 2. The number of urea groups is 1. The third-order valence-electron chi connectivity index (χ3n) is 6.88. The fraction of sp³-hybridized carbons (Fsp3) is 0.895. The molecule has 2 saturated carbocycles. The van der Waals surface area contributed by atoms with Crippen LogP contribution in [-0.4, -0.2) is 46.5 Å². The van der Waals surface area contributed by atoms with Gasteiger partial charge < -0.3 is 5.32 Å². The van der Waals surface area contributed by atoms with Gasteiger partial charge in [-0.15, -0.1) is 0 Å². The summed E-state index contributed by atoms with van der Waals surface area (Å²) >= 11 is 0. The summed E-state index contributed by atoms with van der Waals surface area (Å²) in [5, 5.41) is 3.08. The smallest absolute Gasteiger partial charge is 0.323 e. The van der Waals surface area contributed by atoms with Gasteiger partial charge in [0.25, 0.3) is 5.91 Å². The van der Waals surface area contributed by atoms with Crippen molar-refractivity contribution in [3.8, 4) is 0 Å². The molecule has 0 bridgehead atoms. The van der Waals surface area contributed by atoms with Crippen LogP contribution in [-0.2, 0) is 4.79 Å². The van der Waals surface area contributed by atoms with Crippen LogP contribution in [0.5, 0.6) is 0 Å². The van der Waals surface area contributed by atoms with E-state index in [-0.39, 0.29) is 11.9 Å². The van der Waals surface area contributed by atoms with E-state index in [0.717, 1.165) is 38.1 Å². The van der Waals surface area contributed by atoms with Crippen molar-refractivity contribution in [2.45, 2.75) is 88.6 Å². The number of hydrogen-bond acceptors (Lipinski definition) is 3. The number of imide groups is 1. The molecule has 24 heavy (non-hydrogen) atoms. The number of nitrogens with one attached hydrogen (secondary N) is 1. The van der Waals surface area contributed by atoms with E-state index in [0.29, 0.717) is 12.7 Å². The molecule has 3 amide bonds. The van der Waals surface area contributed by atoms with E-state index in [1.54, 1.807) is 0 Å². The highest BCUT2D eigenvalue weighted by Gasteiger charge is 2.51. The largest absolute Gasteiger partial charge is 0.326 e. The number of fused-ring (bicyclic) bond motifs is 1. The lowest BCUT2D eigenvalue weighted by atomic mass is 9.78. The average Bonchev–Trinajstić information content (AvgIpc) is 2.76. The van der Waals surface area contributed by atoms with Gasteiger partial charge in [0.2, 0.25) is 0 Å². The van der Waals surface area contributed by atoms with E-state index in [2.05, 4.69) is 10.2 Å². The second-order valence-electron chi connectivity index (χ2n) is 8.37. The summed E-state index contributed by atoms with van der Waals surface area (Å²) in [5.74, 6) is 0.826. The first-order valence-electron chi connectivity index (χ1n) is 10.1. The van der Waals surface area contributed by atoms with Crippen LogP contribution in [0.25, 0.3) is 0 Å². The molecule has 5 heteroatoms. The molecule has 5 nitrogen and oxygen atoms in total. The summed E-state index contributed by atoms with van der Waals surface area (Å²) < 4.78 is 0. The molecule has 2 atom stereocenters. The topological polar surface area (TPSA) is 52.7 Å². The van der Waals surface area contributed by atoms with E-state index in [9.17, 15) is 9.59 Å². The molecular weight excluding hydrogens is 302 g/mol. The first-order chi connectivity index (χ1) is 11.7. The highest BCUT2D eigenvalue weighted by molar-refractivity contribution is 6.07. The number of piperidine rings is 1. The molecule has 2 aliphatic heterocycles. The molecule has 0 radical (unpaired) electrons. The minimum absolute atomic E-state index is 0.0485. The van der Waals surface area contributed by atoms with Gasteiger partial charge in [-0.05, 0) is 44.4 Å². The molecule has 2 saturated heterocycles. The third kappa shape index (κ3) is 2.85. The summed E-state index contributed by atoms with van der Waals surface area (Å²) in [5.41, 5.74) is -0.588. The fourth-order valence-corrected chi connectivity index (χ4v) is 5.56. The van der Waals surface area contributed by atoms with Crippen LogP contribution in [0.15, 0.2) is 0 Å². The fourth-order valence-electron chi connectivity index (χ4n) is 5.56. The minimum Gasteiger partial charge on any atom is -0.323 e. The maximum Gasteiger partial charge on any atom is 0.326 e. The van der Waals surface area contributed by atoms with E-state index in [1.807, 2.05) is 0 Å². The van der Waals surface area contributed by atoms with Gasteiger partial charge in [-0.3, -0.25) is 9.69 Å². The lowest BCUT2D eigenvalue weighted by Gasteiger charge is -2.45. The summed E-state index contributed by atoms with van der Waals surface area (Å²) in [6.07, 6.45) is 13.8. The van der Waals surface area contributed by atoms with Crippen molar-refractivity contribution in [2.75, 3.05) is 13.2 Å². The van der Waals surface area contributed by atoms with Gasteiger partial charge in [0.05, 0.1) is 6.67 Å². The number of rotatable bonds is 2. The number of carbonyl (C=O) groups excluding carboxylic acids is 2. The summed E-state index contributed by atoms with van der Waals surface area (Å²) in [6.45, 7) is 1.54. The van der Waals surface area contributed by atoms with Gasteiger partial charge >= 0.3 is 6.03 Å². The van der Waals surface area contributed by atoms with Gasteiger partial charge in [-0.25, -0.2) is 9.69 Å². The zero-order chi connectivity index (χ0) is 16.6. The Labute approximate surface area is 145 Å². The minimum atomic E-state index is -0.588. The molecule has 0 aromatic heterocycles.